The number of pyridine rings is 1. The number of halogens is 3. The predicted molar refractivity (Wildman–Crippen MR) is 93.8 cm³/mol. The zero-order chi connectivity index (χ0) is 18.7. The summed E-state index contributed by atoms with van der Waals surface area (Å²) < 4.78 is 38.2. The van der Waals surface area contributed by atoms with Gasteiger partial charge in [-0.1, -0.05) is 30.3 Å². The van der Waals surface area contributed by atoms with Gasteiger partial charge < -0.3 is 5.32 Å². The number of rotatable bonds is 3. The summed E-state index contributed by atoms with van der Waals surface area (Å²) in [6.45, 7) is 1.88. The van der Waals surface area contributed by atoms with Gasteiger partial charge >= 0.3 is 6.18 Å². The summed E-state index contributed by atoms with van der Waals surface area (Å²) in [6, 6.07) is 15.0. The predicted octanol–water partition coefficient (Wildman–Crippen LogP) is 5.33. The molecule has 0 atom stereocenters. The van der Waals surface area contributed by atoms with E-state index in [9.17, 15) is 18.0 Å². The second-order valence-electron chi connectivity index (χ2n) is 5.79. The van der Waals surface area contributed by atoms with E-state index < -0.39 is 11.7 Å². The number of amides is 1. The van der Waals surface area contributed by atoms with Crippen LogP contribution in [0.5, 0.6) is 0 Å². The van der Waals surface area contributed by atoms with Crippen molar-refractivity contribution in [1.82, 2.24) is 4.98 Å². The summed E-state index contributed by atoms with van der Waals surface area (Å²) in [7, 11) is 0. The number of aromatic nitrogens is 1. The third-order valence-electron chi connectivity index (χ3n) is 3.85. The molecule has 26 heavy (non-hydrogen) atoms. The fourth-order valence-electron chi connectivity index (χ4n) is 2.56. The normalized spacial score (nSPS) is 11.2. The van der Waals surface area contributed by atoms with E-state index >= 15 is 0 Å². The maximum absolute atomic E-state index is 12.7. The molecule has 6 heteroatoms. The summed E-state index contributed by atoms with van der Waals surface area (Å²) in [5, 5.41) is 2.71. The zero-order valence-electron chi connectivity index (χ0n) is 13.8. The van der Waals surface area contributed by atoms with Crippen LogP contribution >= 0.6 is 0 Å². The molecule has 0 bridgehead atoms. The lowest BCUT2D eigenvalue weighted by Crippen LogP contribution is -2.14. The average Bonchev–Trinajstić information content (AvgIpc) is 2.61. The number of carbonyl (C=O) groups excluding carboxylic acids is 1. The Labute approximate surface area is 148 Å². The summed E-state index contributed by atoms with van der Waals surface area (Å²) >= 11 is 0. The Morgan fingerprint density at radius 3 is 2.35 bits per heavy atom. The number of hydrogen-bond donors (Lipinski definition) is 1. The van der Waals surface area contributed by atoms with Crippen molar-refractivity contribution in [1.29, 1.82) is 0 Å². The van der Waals surface area contributed by atoms with E-state index in [-0.39, 0.29) is 5.91 Å². The van der Waals surface area contributed by atoms with Crippen LogP contribution in [0.1, 0.15) is 21.5 Å². The molecular weight excluding hydrogens is 341 g/mol. The zero-order valence-corrected chi connectivity index (χ0v) is 13.8. The molecule has 132 valence electrons. The molecule has 1 aromatic heterocycles. The fraction of sp³-hybridized carbons (Fsp3) is 0.100. The Bertz CT molecular complexity index is 934. The smallest absolute Gasteiger partial charge is 0.307 e. The fourth-order valence-corrected chi connectivity index (χ4v) is 2.56. The molecule has 0 aliphatic rings. The number of nitrogens with one attached hydrogen (secondary N) is 1. The van der Waals surface area contributed by atoms with Gasteiger partial charge in [0.15, 0.2) is 0 Å². The number of benzene rings is 2. The van der Waals surface area contributed by atoms with Crippen LogP contribution < -0.4 is 5.32 Å². The van der Waals surface area contributed by atoms with E-state index in [0.29, 0.717) is 22.5 Å². The van der Waals surface area contributed by atoms with E-state index in [1.54, 1.807) is 36.5 Å². The number of carbonyl (C=O) groups is 1. The van der Waals surface area contributed by atoms with Gasteiger partial charge in [0.05, 0.1) is 5.56 Å². The van der Waals surface area contributed by atoms with Crippen molar-refractivity contribution in [3.63, 3.8) is 0 Å². The second kappa shape index (κ2) is 7.00. The molecule has 1 amide bonds. The van der Waals surface area contributed by atoms with Gasteiger partial charge in [0, 0.05) is 11.8 Å². The quantitative estimate of drug-likeness (QED) is 0.689. The first kappa shape index (κ1) is 17.7. The van der Waals surface area contributed by atoms with Gasteiger partial charge in [-0.25, -0.2) is 4.98 Å². The van der Waals surface area contributed by atoms with Gasteiger partial charge in [-0.2, -0.15) is 13.2 Å². The molecule has 0 saturated carbocycles. The van der Waals surface area contributed by atoms with Crippen molar-refractivity contribution in [2.75, 3.05) is 5.32 Å². The van der Waals surface area contributed by atoms with Crippen LogP contribution in [0.2, 0.25) is 0 Å². The molecule has 1 heterocycles. The number of nitrogens with zero attached hydrogens (tertiary/aromatic N) is 1. The van der Waals surface area contributed by atoms with Gasteiger partial charge in [0.2, 0.25) is 0 Å². The van der Waals surface area contributed by atoms with Crippen molar-refractivity contribution in [2.45, 2.75) is 13.1 Å². The SMILES string of the molecule is Cc1ccnc(NC(=O)c2ccccc2-c2ccc(C(F)(F)F)cc2)c1. The van der Waals surface area contributed by atoms with Crippen LogP contribution in [0.15, 0.2) is 66.9 Å². The first-order valence-electron chi connectivity index (χ1n) is 7.85. The van der Waals surface area contributed by atoms with Gasteiger partial charge in [0.25, 0.3) is 5.91 Å². The molecule has 0 aliphatic heterocycles. The molecule has 0 fully saturated rings. The monoisotopic (exact) mass is 356 g/mol. The Hall–Kier alpha value is -3.15. The van der Waals surface area contributed by atoms with Crippen LogP contribution in [0.4, 0.5) is 19.0 Å². The van der Waals surface area contributed by atoms with Crippen LogP contribution in [-0.2, 0) is 6.18 Å². The largest absolute Gasteiger partial charge is 0.416 e. The minimum Gasteiger partial charge on any atom is -0.307 e. The maximum atomic E-state index is 12.7. The highest BCUT2D eigenvalue weighted by molar-refractivity contribution is 6.08. The van der Waals surface area contributed by atoms with Crippen LogP contribution in [-0.4, -0.2) is 10.9 Å². The molecule has 3 aromatic rings. The lowest BCUT2D eigenvalue weighted by molar-refractivity contribution is -0.137. The van der Waals surface area contributed by atoms with Crippen molar-refractivity contribution >= 4 is 11.7 Å². The topological polar surface area (TPSA) is 42.0 Å². The van der Waals surface area contributed by atoms with E-state index in [4.69, 9.17) is 0 Å². The van der Waals surface area contributed by atoms with Crippen molar-refractivity contribution in [2.24, 2.45) is 0 Å². The van der Waals surface area contributed by atoms with Gasteiger partial charge in [0.1, 0.15) is 5.82 Å². The molecule has 0 spiro atoms. The summed E-state index contributed by atoms with van der Waals surface area (Å²) in [5.41, 5.74) is 1.65. The summed E-state index contributed by atoms with van der Waals surface area (Å²) in [4.78, 5) is 16.7. The average molecular weight is 356 g/mol. The van der Waals surface area contributed by atoms with E-state index in [0.717, 1.165) is 17.7 Å². The maximum Gasteiger partial charge on any atom is 0.416 e. The highest BCUT2D eigenvalue weighted by Crippen LogP contribution is 2.32. The third-order valence-corrected chi connectivity index (χ3v) is 3.85. The number of hydrogen-bond acceptors (Lipinski definition) is 2. The van der Waals surface area contributed by atoms with Crippen LogP contribution in [0.3, 0.4) is 0 Å². The summed E-state index contributed by atoms with van der Waals surface area (Å²) in [5.74, 6) is 0.0378. The van der Waals surface area contributed by atoms with Gasteiger partial charge in [-0.15, -0.1) is 0 Å². The molecule has 3 nitrogen and oxygen atoms in total. The molecule has 3 rings (SSSR count). The second-order valence-corrected chi connectivity index (χ2v) is 5.79. The lowest BCUT2D eigenvalue weighted by Gasteiger charge is -2.12. The molecular formula is C20H15F3N2O. The Kier molecular flexibility index (Phi) is 4.75. The third kappa shape index (κ3) is 3.91. The minimum absolute atomic E-state index is 0.357. The van der Waals surface area contributed by atoms with Crippen molar-refractivity contribution in [3.05, 3.63) is 83.6 Å². The Morgan fingerprint density at radius 2 is 1.69 bits per heavy atom. The van der Waals surface area contributed by atoms with E-state index in [1.165, 1.54) is 12.1 Å². The molecule has 1 N–H and O–H groups in total. The van der Waals surface area contributed by atoms with Crippen LogP contribution in [0, 0.1) is 6.92 Å². The standard InChI is InChI=1S/C20H15F3N2O/c1-13-10-11-24-18(12-13)25-19(26)17-5-3-2-4-16(17)14-6-8-15(9-7-14)20(21,22)23/h2-12H,1H3,(H,24,25,26). The van der Waals surface area contributed by atoms with Crippen molar-refractivity contribution < 1.29 is 18.0 Å². The molecule has 0 saturated heterocycles. The lowest BCUT2D eigenvalue weighted by atomic mass is 9.98. The number of anilines is 1. The Balaban J connectivity index is 1.92. The minimum atomic E-state index is -4.40. The molecule has 2 aromatic carbocycles. The highest BCUT2D eigenvalue weighted by Gasteiger charge is 2.30. The molecule has 0 aliphatic carbocycles. The first-order chi connectivity index (χ1) is 12.3. The van der Waals surface area contributed by atoms with Crippen molar-refractivity contribution in [3.8, 4) is 11.1 Å². The number of alkyl halides is 3. The van der Waals surface area contributed by atoms with Gasteiger partial charge in [-0.3, -0.25) is 4.79 Å². The Morgan fingerprint density at radius 1 is 1.00 bits per heavy atom. The summed E-state index contributed by atoms with van der Waals surface area (Å²) in [6.07, 6.45) is -2.81. The highest BCUT2D eigenvalue weighted by atomic mass is 19.4. The number of aryl methyl sites for hydroxylation is 1. The first-order valence-corrected chi connectivity index (χ1v) is 7.85. The molecule has 0 radical (unpaired) electrons. The van der Waals surface area contributed by atoms with Crippen LogP contribution in [0.25, 0.3) is 11.1 Å². The van der Waals surface area contributed by atoms with E-state index in [2.05, 4.69) is 10.3 Å². The van der Waals surface area contributed by atoms with Gasteiger partial charge in [-0.05, 0) is 53.9 Å². The van der Waals surface area contributed by atoms with E-state index in [1.807, 2.05) is 13.0 Å². The molecule has 0 unspecified atom stereocenters.